The van der Waals surface area contributed by atoms with Crippen molar-refractivity contribution < 1.29 is 0 Å². The molecule has 0 spiro atoms. The highest BCUT2D eigenvalue weighted by Gasteiger charge is 2.20. The van der Waals surface area contributed by atoms with Gasteiger partial charge in [-0.05, 0) is 37.6 Å². The summed E-state index contributed by atoms with van der Waals surface area (Å²) in [4.78, 5) is 13.8. The lowest BCUT2D eigenvalue weighted by Crippen LogP contribution is -2.23. The summed E-state index contributed by atoms with van der Waals surface area (Å²) < 4.78 is 0. The Morgan fingerprint density at radius 2 is 2.22 bits per heavy atom. The van der Waals surface area contributed by atoms with Gasteiger partial charge in [0, 0.05) is 18.3 Å². The molecule has 3 rings (SSSR count). The lowest BCUT2D eigenvalue weighted by molar-refractivity contribution is 0.669. The van der Waals surface area contributed by atoms with Gasteiger partial charge in [0.1, 0.15) is 6.04 Å². The van der Waals surface area contributed by atoms with Gasteiger partial charge < -0.3 is 0 Å². The predicted octanol–water partition coefficient (Wildman–Crippen LogP) is 3.15. The van der Waals surface area contributed by atoms with Gasteiger partial charge >= 0.3 is 0 Å². The fourth-order valence-electron chi connectivity index (χ4n) is 2.46. The minimum Gasteiger partial charge on any atom is -0.288 e. The molecule has 2 unspecified atom stereocenters. The number of aliphatic imine (C=N–C) groups is 2. The Hall–Kier alpha value is -1.77. The highest BCUT2D eigenvalue weighted by molar-refractivity contribution is 5.93. The Bertz CT molecular complexity index is 488. The van der Waals surface area contributed by atoms with Crippen LogP contribution in [0.4, 0.5) is 0 Å². The van der Waals surface area contributed by atoms with Crippen LogP contribution in [0.5, 0.6) is 0 Å². The van der Waals surface area contributed by atoms with Gasteiger partial charge in [-0.1, -0.05) is 18.2 Å². The molecule has 1 aromatic rings. The van der Waals surface area contributed by atoms with Crippen LogP contribution >= 0.6 is 0 Å². The summed E-state index contributed by atoms with van der Waals surface area (Å²) in [7, 11) is 0. The van der Waals surface area contributed by atoms with E-state index in [0.29, 0.717) is 6.04 Å². The fourth-order valence-corrected chi connectivity index (χ4v) is 2.46. The number of dihydropyridines is 1. The molecular weight excluding hydrogens is 222 g/mol. The van der Waals surface area contributed by atoms with E-state index < -0.39 is 0 Å². The number of pyridine rings is 1. The van der Waals surface area contributed by atoms with Crippen molar-refractivity contribution in [3.63, 3.8) is 0 Å². The van der Waals surface area contributed by atoms with E-state index in [9.17, 15) is 0 Å². The number of hydrogen-bond donors (Lipinski definition) is 0. The van der Waals surface area contributed by atoms with Crippen LogP contribution in [-0.4, -0.2) is 23.0 Å². The van der Waals surface area contributed by atoms with Gasteiger partial charge in [-0.15, -0.1) is 0 Å². The van der Waals surface area contributed by atoms with E-state index in [1.165, 1.54) is 12.1 Å². The zero-order valence-electron chi connectivity index (χ0n) is 10.4. The number of nitrogens with zero attached hydrogens (tertiary/aromatic N) is 3. The average Bonchev–Trinajstić information content (AvgIpc) is 2.49. The third-order valence-electron chi connectivity index (χ3n) is 3.42. The molecule has 0 bridgehead atoms. The molecule has 2 aliphatic heterocycles. The lowest BCUT2D eigenvalue weighted by atomic mass is 9.97. The van der Waals surface area contributed by atoms with Crippen molar-refractivity contribution in [2.75, 3.05) is 0 Å². The van der Waals surface area contributed by atoms with Crippen LogP contribution in [0.15, 0.2) is 46.5 Å². The topological polar surface area (TPSA) is 37.6 Å². The molecule has 0 saturated carbocycles. The average molecular weight is 239 g/mol. The minimum absolute atomic E-state index is 0.0760. The van der Waals surface area contributed by atoms with Gasteiger partial charge in [0.25, 0.3) is 0 Å². The summed E-state index contributed by atoms with van der Waals surface area (Å²) >= 11 is 0. The van der Waals surface area contributed by atoms with Crippen LogP contribution in [0.2, 0.25) is 0 Å². The molecule has 3 heteroatoms. The molecule has 3 heterocycles. The molecular formula is C15H17N3. The zero-order valence-corrected chi connectivity index (χ0v) is 10.4. The third-order valence-corrected chi connectivity index (χ3v) is 3.42. The largest absolute Gasteiger partial charge is 0.288 e. The molecule has 1 aromatic heterocycles. The Morgan fingerprint density at radius 3 is 3.00 bits per heavy atom. The first-order chi connectivity index (χ1) is 8.93. The van der Waals surface area contributed by atoms with E-state index in [-0.39, 0.29) is 6.04 Å². The molecule has 0 fully saturated rings. The van der Waals surface area contributed by atoms with Crippen LogP contribution in [0, 0.1) is 0 Å². The SMILES string of the molecule is C1=CC(c2ccccn2)N=C(C2CCCC=N2)C1. The second-order valence-corrected chi connectivity index (χ2v) is 4.73. The molecule has 2 aliphatic rings. The third kappa shape index (κ3) is 2.40. The molecule has 0 N–H and O–H groups in total. The van der Waals surface area contributed by atoms with E-state index in [1.807, 2.05) is 30.6 Å². The summed E-state index contributed by atoms with van der Waals surface area (Å²) in [5, 5.41) is 0. The van der Waals surface area contributed by atoms with Crippen LogP contribution in [0.3, 0.4) is 0 Å². The summed E-state index contributed by atoms with van der Waals surface area (Å²) in [6.45, 7) is 0. The normalized spacial score (nSPS) is 27.0. The van der Waals surface area contributed by atoms with Crippen molar-refractivity contribution in [2.24, 2.45) is 9.98 Å². The maximum absolute atomic E-state index is 4.83. The summed E-state index contributed by atoms with van der Waals surface area (Å²) in [6.07, 6.45) is 12.6. The molecule has 2 atom stereocenters. The zero-order chi connectivity index (χ0) is 12.2. The van der Waals surface area contributed by atoms with E-state index in [1.54, 1.807) is 0 Å². The Balaban J connectivity index is 1.82. The van der Waals surface area contributed by atoms with E-state index >= 15 is 0 Å². The molecule has 0 radical (unpaired) electrons. The number of allylic oxidation sites excluding steroid dienone is 1. The molecule has 18 heavy (non-hydrogen) atoms. The van der Waals surface area contributed by atoms with E-state index in [0.717, 1.165) is 25.0 Å². The Morgan fingerprint density at radius 1 is 1.22 bits per heavy atom. The van der Waals surface area contributed by atoms with Crippen LogP contribution < -0.4 is 0 Å². The first-order valence-corrected chi connectivity index (χ1v) is 6.59. The van der Waals surface area contributed by atoms with Gasteiger partial charge in [-0.25, -0.2) is 0 Å². The molecule has 0 aromatic carbocycles. The van der Waals surface area contributed by atoms with Crippen LogP contribution in [0.1, 0.15) is 37.4 Å². The fraction of sp³-hybridized carbons (Fsp3) is 0.400. The molecule has 0 amide bonds. The van der Waals surface area contributed by atoms with Gasteiger partial charge in [0.05, 0.1) is 11.7 Å². The van der Waals surface area contributed by atoms with Crippen molar-refractivity contribution >= 4 is 11.9 Å². The van der Waals surface area contributed by atoms with Gasteiger partial charge in [-0.2, -0.15) is 0 Å². The molecule has 92 valence electrons. The number of aromatic nitrogens is 1. The molecule has 0 saturated heterocycles. The summed E-state index contributed by atoms with van der Waals surface area (Å²) in [5.74, 6) is 0. The van der Waals surface area contributed by atoms with Gasteiger partial charge in [0.15, 0.2) is 0 Å². The van der Waals surface area contributed by atoms with Crippen molar-refractivity contribution in [1.29, 1.82) is 0 Å². The maximum atomic E-state index is 4.83. The predicted molar refractivity (Wildman–Crippen MR) is 74.3 cm³/mol. The highest BCUT2D eigenvalue weighted by atomic mass is 14.9. The van der Waals surface area contributed by atoms with E-state index in [2.05, 4.69) is 22.1 Å². The molecule has 0 aliphatic carbocycles. The van der Waals surface area contributed by atoms with Crippen LogP contribution in [0.25, 0.3) is 0 Å². The smallest absolute Gasteiger partial charge is 0.110 e. The lowest BCUT2D eigenvalue weighted by Gasteiger charge is -2.22. The van der Waals surface area contributed by atoms with Crippen LogP contribution in [-0.2, 0) is 0 Å². The second-order valence-electron chi connectivity index (χ2n) is 4.73. The first-order valence-electron chi connectivity index (χ1n) is 6.59. The Kier molecular flexibility index (Phi) is 3.31. The highest BCUT2D eigenvalue weighted by Crippen LogP contribution is 2.24. The monoisotopic (exact) mass is 239 g/mol. The van der Waals surface area contributed by atoms with Crippen molar-refractivity contribution in [3.8, 4) is 0 Å². The summed E-state index contributed by atoms with van der Waals surface area (Å²) in [5.41, 5.74) is 2.23. The standard InChI is InChI=1S/C15H17N3/c1-3-10-16-12(6-1)14-8-5-9-15(18-14)13-7-2-4-11-17-13/h1,3,5-6,8,10-11,13-14H,2,4,7,9H2. The number of hydrogen-bond acceptors (Lipinski definition) is 3. The second kappa shape index (κ2) is 5.25. The minimum atomic E-state index is 0.0760. The van der Waals surface area contributed by atoms with E-state index in [4.69, 9.17) is 4.99 Å². The quantitative estimate of drug-likeness (QED) is 0.730. The van der Waals surface area contributed by atoms with Gasteiger partial charge in [0.2, 0.25) is 0 Å². The van der Waals surface area contributed by atoms with Crippen molar-refractivity contribution in [2.45, 2.75) is 37.8 Å². The summed E-state index contributed by atoms with van der Waals surface area (Å²) in [6, 6.07) is 6.36. The Labute approximate surface area is 107 Å². The first kappa shape index (κ1) is 11.3. The van der Waals surface area contributed by atoms with Gasteiger partial charge in [-0.3, -0.25) is 15.0 Å². The van der Waals surface area contributed by atoms with Crippen molar-refractivity contribution in [3.05, 3.63) is 42.2 Å². The maximum Gasteiger partial charge on any atom is 0.110 e. The number of rotatable bonds is 2. The molecule has 3 nitrogen and oxygen atoms in total. The van der Waals surface area contributed by atoms with Crippen molar-refractivity contribution in [1.82, 2.24) is 4.98 Å².